The van der Waals surface area contributed by atoms with E-state index in [0.717, 1.165) is 36.9 Å². The van der Waals surface area contributed by atoms with E-state index in [1.54, 1.807) is 19.9 Å². The number of thioether (sulfide) groups is 1. The number of hydrogen-bond acceptors (Lipinski definition) is 6. The van der Waals surface area contributed by atoms with Crippen LogP contribution in [-0.4, -0.2) is 47.0 Å². The van der Waals surface area contributed by atoms with Crippen LogP contribution in [0.15, 0.2) is 28.3 Å². The topological polar surface area (TPSA) is 108 Å². The first-order chi connectivity index (χ1) is 15.7. The summed E-state index contributed by atoms with van der Waals surface area (Å²) >= 11 is 1.23. The van der Waals surface area contributed by atoms with Gasteiger partial charge >= 0.3 is 0 Å². The van der Waals surface area contributed by atoms with Crippen molar-refractivity contribution >= 4 is 33.5 Å². The van der Waals surface area contributed by atoms with Gasteiger partial charge in [0, 0.05) is 31.0 Å². The highest BCUT2D eigenvalue weighted by molar-refractivity contribution is 7.99. The van der Waals surface area contributed by atoms with E-state index < -0.39 is 10.0 Å². The molecule has 1 saturated carbocycles. The van der Waals surface area contributed by atoms with Crippen molar-refractivity contribution in [2.24, 2.45) is 0 Å². The number of nitriles is 1. The Morgan fingerprint density at radius 3 is 2.48 bits per heavy atom. The SMILES string of the molecule is CCN(CC)S(=O)(=O)c1ccc(SCC(=O)Nc2c(C#N)c(C)c(C)n2C2CCCC2)nc1. The molecule has 1 amide bonds. The highest BCUT2D eigenvalue weighted by atomic mass is 32.2. The highest BCUT2D eigenvalue weighted by Crippen LogP contribution is 2.37. The van der Waals surface area contributed by atoms with Gasteiger partial charge in [0.25, 0.3) is 0 Å². The maximum atomic E-state index is 12.7. The Morgan fingerprint density at radius 1 is 1.27 bits per heavy atom. The van der Waals surface area contributed by atoms with Crippen molar-refractivity contribution in [2.75, 3.05) is 24.2 Å². The van der Waals surface area contributed by atoms with Crippen LogP contribution in [0.3, 0.4) is 0 Å². The number of amides is 1. The molecule has 2 aromatic heterocycles. The molecule has 1 fully saturated rings. The molecule has 33 heavy (non-hydrogen) atoms. The second-order valence-electron chi connectivity index (χ2n) is 8.11. The molecular formula is C23H31N5O3S2. The van der Waals surface area contributed by atoms with Crippen molar-refractivity contribution in [1.82, 2.24) is 13.9 Å². The number of nitrogens with one attached hydrogen (secondary N) is 1. The zero-order chi connectivity index (χ0) is 24.2. The summed E-state index contributed by atoms with van der Waals surface area (Å²) in [6.07, 6.45) is 5.73. The van der Waals surface area contributed by atoms with Crippen LogP contribution in [-0.2, 0) is 14.8 Å². The highest BCUT2D eigenvalue weighted by Gasteiger charge is 2.27. The molecule has 2 heterocycles. The lowest BCUT2D eigenvalue weighted by Gasteiger charge is -2.19. The van der Waals surface area contributed by atoms with Gasteiger partial charge < -0.3 is 9.88 Å². The Labute approximate surface area is 200 Å². The molecule has 3 rings (SSSR count). The van der Waals surface area contributed by atoms with E-state index in [9.17, 15) is 18.5 Å². The first-order valence-electron chi connectivity index (χ1n) is 11.2. The molecule has 0 spiro atoms. The molecule has 0 radical (unpaired) electrons. The molecule has 0 saturated heterocycles. The summed E-state index contributed by atoms with van der Waals surface area (Å²) in [4.78, 5) is 17.1. The van der Waals surface area contributed by atoms with Gasteiger partial charge in [-0.2, -0.15) is 9.57 Å². The van der Waals surface area contributed by atoms with Crippen molar-refractivity contribution in [1.29, 1.82) is 5.26 Å². The maximum absolute atomic E-state index is 12.7. The summed E-state index contributed by atoms with van der Waals surface area (Å²) in [5.41, 5.74) is 2.44. The number of pyridine rings is 1. The molecule has 0 atom stereocenters. The molecule has 0 unspecified atom stereocenters. The number of rotatable bonds is 9. The second kappa shape index (κ2) is 10.7. The molecule has 2 aromatic rings. The number of carbonyl (C=O) groups excluding carboxylic acids is 1. The predicted octanol–water partition coefficient (Wildman–Crippen LogP) is 4.25. The summed E-state index contributed by atoms with van der Waals surface area (Å²) in [7, 11) is -3.56. The fourth-order valence-corrected chi connectivity index (χ4v) is 6.38. The largest absolute Gasteiger partial charge is 0.327 e. The molecule has 1 aliphatic rings. The lowest BCUT2D eigenvalue weighted by Crippen LogP contribution is -2.30. The van der Waals surface area contributed by atoms with Crippen molar-refractivity contribution < 1.29 is 13.2 Å². The minimum absolute atomic E-state index is 0.105. The maximum Gasteiger partial charge on any atom is 0.244 e. The third-order valence-corrected chi connectivity index (χ3v) is 9.20. The van der Waals surface area contributed by atoms with Gasteiger partial charge in [0.2, 0.25) is 15.9 Å². The summed E-state index contributed by atoms with van der Waals surface area (Å²) in [6, 6.07) is 5.69. The minimum atomic E-state index is -3.56. The van der Waals surface area contributed by atoms with Crippen LogP contribution < -0.4 is 5.32 Å². The zero-order valence-electron chi connectivity index (χ0n) is 19.6. The quantitative estimate of drug-likeness (QED) is 0.528. The molecule has 178 valence electrons. The Bertz CT molecular complexity index is 1140. The van der Waals surface area contributed by atoms with Crippen molar-refractivity contribution in [3.8, 4) is 6.07 Å². The average Bonchev–Trinajstić information content (AvgIpc) is 3.40. The third-order valence-electron chi connectivity index (χ3n) is 6.22. The Morgan fingerprint density at radius 2 is 1.94 bits per heavy atom. The third kappa shape index (κ3) is 5.26. The Balaban J connectivity index is 1.70. The summed E-state index contributed by atoms with van der Waals surface area (Å²) in [5.74, 6) is 0.460. The van der Waals surface area contributed by atoms with Gasteiger partial charge in [-0.3, -0.25) is 4.79 Å². The van der Waals surface area contributed by atoms with Crippen LogP contribution in [0, 0.1) is 25.2 Å². The molecule has 0 bridgehead atoms. The van der Waals surface area contributed by atoms with Gasteiger partial charge in [-0.25, -0.2) is 13.4 Å². The van der Waals surface area contributed by atoms with Gasteiger partial charge in [-0.15, -0.1) is 0 Å². The number of carbonyl (C=O) groups is 1. The fourth-order valence-electron chi connectivity index (χ4n) is 4.33. The summed E-state index contributed by atoms with van der Waals surface area (Å²) in [6.45, 7) is 8.28. The number of nitrogens with zero attached hydrogens (tertiary/aromatic N) is 4. The number of anilines is 1. The first kappa shape index (κ1) is 25.3. The van der Waals surface area contributed by atoms with E-state index >= 15 is 0 Å². The van der Waals surface area contributed by atoms with Gasteiger partial charge in [-0.1, -0.05) is 38.5 Å². The Kier molecular flexibility index (Phi) is 8.21. The normalized spacial score (nSPS) is 14.5. The van der Waals surface area contributed by atoms with Gasteiger partial charge in [-0.05, 0) is 44.4 Å². The van der Waals surface area contributed by atoms with Crippen LogP contribution in [0.5, 0.6) is 0 Å². The fraction of sp³-hybridized carbons (Fsp3) is 0.522. The van der Waals surface area contributed by atoms with Crippen LogP contribution in [0.4, 0.5) is 5.82 Å². The van der Waals surface area contributed by atoms with Crippen LogP contribution >= 0.6 is 11.8 Å². The first-order valence-corrected chi connectivity index (χ1v) is 13.7. The number of hydrogen-bond donors (Lipinski definition) is 1. The summed E-state index contributed by atoms with van der Waals surface area (Å²) in [5, 5.41) is 13.2. The molecule has 10 heteroatoms. The second-order valence-corrected chi connectivity index (χ2v) is 11.0. The van der Waals surface area contributed by atoms with Gasteiger partial charge in [0.1, 0.15) is 16.8 Å². The van der Waals surface area contributed by atoms with E-state index in [2.05, 4.69) is 20.9 Å². The molecule has 0 aromatic carbocycles. The lowest BCUT2D eigenvalue weighted by molar-refractivity contribution is -0.113. The van der Waals surface area contributed by atoms with Crippen LogP contribution in [0.25, 0.3) is 0 Å². The predicted molar refractivity (Wildman–Crippen MR) is 130 cm³/mol. The molecule has 8 nitrogen and oxygen atoms in total. The molecule has 1 aliphatic carbocycles. The number of aromatic nitrogens is 2. The smallest absolute Gasteiger partial charge is 0.244 e. The lowest BCUT2D eigenvalue weighted by atomic mass is 10.2. The average molecular weight is 490 g/mol. The molecular weight excluding hydrogens is 458 g/mol. The zero-order valence-corrected chi connectivity index (χ0v) is 21.2. The van der Waals surface area contributed by atoms with Crippen molar-refractivity contribution in [3.05, 3.63) is 35.2 Å². The van der Waals surface area contributed by atoms with E-state index in [4.69, 9.17) is 0 Å². The van der Waals surface area contributed by atoms with Crippen LogP contribution in [0.2, 0.25) is 0 Å². The van der Waals surface area contributed by atoms with E-state index in [1.807, 2.05) is 13.8 Å². The van der Waals surface area contributed by atoms with Crippen LogP contribution in [0.1, 0.15) is 62.4 Å². The van der Waals surface area contributed by atoms with Crippen molar-refractivity contribution in [2.45, 2.75) is 69.3 Å². The van der Waals surface area contributed by atoms with Crippen molar-refractivity contribution in [3.63, 3.8) is 0 Å². The Hall–Kier alpha value is -2.35. The van der Waals surface area contributed by atoms with E-state index in [-0.39, 0.29) is 16.6 Å². The minimum Gasteiger partial charge on any atom is -0.327 e. The standard InChI is InChI=1S/C23H31N5O3S2/c1-5-27(6-2)33(30,31)19-11-12-22(25-14-19)32-15-21(29)26-23-20(13-24)16(3)17(4)28(23)18-9-7-8-10-18/h11-12,14,18H,5-10,15H2,1-4H3,(H,26,29). The molecule has 1 N–H and O–H groups in total. The summed E-state index contributed by atoms with van der Waals surface area (Å²) < 4.78 is 28.7. The van der Waals surface area contributed by atoms with E-state index in [1.165, 1.54) is 28.3 Å². The number of sulfonamides is 1. The van der Waals surface area contributed by atoms with Gasteiger partial charge in [0.05, 0.1) is 16.3 Å². The van der Waals surface area contributed by atoms with Gasteiger partial charge in [0.15, 0.2) is 0 Å². The molecule has 0 aliphatic heterocycles. The monoisotopic (exact) mass is 489 g/mol. The van der Waals surface area contributed by atoms with E-state index in [0.29, 0.717) is 35.5 Å².